The van der Waals surface area contributed by atoms with E-state index in [9.17, 15) is 9.90 Å². The molecule has 0 saturated heterocycles. The van der Waals surface area contributed by atoms with Crippen molar-refractivity contribution in [3.63, 3.8) is 0 Å². The molecule has 0 radical (unpaired) electrons. The third-order valence-corrected chi connectivity index (χ3v) is 7.97. The molecule has 0 aliphatic heterocycles. The van der Waals surface area contributed by atoms with Crippen LogP contribution in [0.3, 0.4) is 0 Å². The first-order valence-electron chi connectivity index (χ1n) is 14.8. The molecule has 2 nitrogen and oxygen atoms in total. The monoisotopic (exact) mass is 452 g/mol. The molecule has 0 saturated carbocycles. The molecule has 2 unspecified atom stereocenters. The summed E-state index contributed by atoms with van der Waals surface area (Å²) < 4.78 is 0. The zero-order valence-electron chi connectivity index (χ0n) is 22.7. The highest BCUT2D eigenvalue weighted by molar-refractivity contribution is 5.74. The molecule has 1 N–H and O–H groups in total. The largest absolute Gasteiger partial charge is 0.481 e. The van der Waals surface area contributed by atoms with Gasteiger partial charge < -0.3 is 5.11 Å². The van der Waals surface area contributed by atoms with Crippen molar-refractivity contribution >= 4 is 5.97 Å². The number of hydrogen-bond acceptors (Lipinski definition) is 1. The third-order valence-electron chi connectivity index (χ3n) is 7.97. The van der Waals surface area contributed by atoms with Crippen LogP contribution in [0.4, 0.5) is 0 Å². The van der Waals surface area contributed by atoms with Gasteiger partial charge in [0.25, 0.3) is 0 Å². The summed E-state index contributed by atoms with van der Waals surface area (Å²) >= 11 is 0. The summed E-state index contributed by atoms with van der Waals surface area (Å²) in [4.78, 5) is 12.2. The van der Waals surface area contributed by atoms with Crippen LogP contribution in [0.2, 0.25) is 0 Å². The Morgan fingerprint density at radius 1 is 0.594 bits per heavy atom. The smallest absolute Gasteiger partial charge is 0.309 e. The molecule has 32 heavy (non-hydrogen) atoms. The topological polar surface area (TPSA) is 37.3 Å². The van der Waals surface area contributed by atoms with Gasteiger partial charge in [0.1, 0.15) is 0 Å². The quantitative estimate of drug-likeness (QED) is 0.140. The Morgan fingerprint density at radius 3 is 1.28 bits per heavy atom. The van der Waals surface area contributed by atoms with Crippen LogP contribution in [0.15, 0.2) is 0 Å². The van der Waals surface area contributed by atoms with Crippen LogP contribution in [-0.4, -0.2) is 11.1 Å². The second-order valence-electron chi connectivity index (χ2n) is 10.6. The van der Waals surface area contributed by atoms with E-state index in [0.717, 1.165) is 25.7 Å². The van der Waals surface area contributed by atoms with Gasteiger partial charge in [0, 0.05) is 0 Å². The first kappa shape index (κ1) is 31.5. The lowest BCUT2D eigenvalue weighted by Gasteiger charge is -2.35. The van der Waals surface area contributed by atoms with Gasteiger partial charge in [-0.2, -0.15) is 0 Å². The van der Waals surface area contributed by atoms with E-state index in [1.54, 1.807) is 0 Å². The number of carboxylic acids is 1. The Balaban J connectivity index is 3.91. The van der Waals surface area contributed by atoms with Gasteiger partial charge in [-0.3, -0.25) is 4.79 Å². The Bertz CT molecular complexity index is 406. The number of unbranched alkanes of at least 4 members (excludes halogenated alkanes) is 18. The average molecular weight is 453 g/mol. The van der Waals surface area contributed by atoms with Crippen molar-refractivity contribution in [2.24, 2.45) is 11.3 Å². The van der Waals surface area contributed by atoms with Crippen LogP contribution in [-0.2, 0) is 4.79 Å². The van der Waals surface area contributed by atoms with Crippen molar-refractivity contribution in [1.29, 1.82) is 0 Å². The van der Waals surface area contributed by atoms with Gasteiger partial charge in [-0.05, 0) is 25.2 Å². The molecule has 0 amide bonds. The molecular formula is C30H60O2. The molecule has 0 heterocycles. The highest BCUT2D eigenvalue weighted by atomic mass is 16.4. The second-order valence-corrected chi connectivity index (χ2v) is 10.6. The average Bonchev–Trinajstić information content (AvgIpc) is 2.78. The molecule has 0 rings (SSSR count). The molecule has 0 spiro atoms. The molecule has 0 bridgehead atoms. The zero-order chi connectivity index (χ0) is 23.9. The normalized spacial score (nSPS) is 14.4. The van der Waals surface area contributed by atoms with Crippen molar-refractivity contribution in [3.05, 3.63) is 0 Å². The van der Waals surface area contributed by atoms with Crippen molar-refractivity contribution in [1.82, 2.24) is 0 Å². The van der Waals surface area contributed by atoms with Crippen molar-refractivity contribution in [2.45, 2.75) is 175 Å². The maximum absolute atomic E-state index is 12.2. The number of hydrogen-bond donors (Lipinski definition) is 1. The summed E-state index contributed by atoms with van der Waals surface area (Å²) in [7, 11) is 0. The van der Waals surface area contributed by atoms with E-state index >= 15 is 0 Å². The molecular weight excluding hydrogens is 392 g/mol. The predicted octanol–water partition coefficient (Wildman–Crippen LogP) is 10.7. The molecule has 0 aliphatic carbocycles. The summed E-state index contributed by atoms with van der Waals surface area (Å²) in [6.45, 7) is 8.83. The van der Waals surface area contributed by atoms with Gasteiger partial charge in [-0.25, -0.2) is 0 Å². The summed E-state index contributed by atoms with van der Waals surface area (Å²) in [6.07, 6.45) is 29.4. The third kappa shape index (κ3) is 15.3. The van der Waals surface area contributed by atoms with Crippen LogP contribution in [0.5, 0.6) is 0 Å². The molecule has 2 heteroatoms. The summed E-state index contributed by atoms with van der Waals surface area (Å²) in [6, 6.07) is 0. The van der Waals surface area contributed by atoms with Gasteiger partial charge in [0.2, 0.25) is 0 Å². The summed E-state index contributed by atoms with van der Waals surface area (Å²) in [5.41, 5.74) is -0.499. The SMILES string of the molecule is CCCCCCCCCCCCCCCC(C)C(CC)(CCCCCCCCC)C(=O)O. The highest BCUT2D eigenvalue weighted by Gasteiger charge is 2.40. The van der Waals surface area contributed by atoms with E-state index < -0.39 is 11.4 Å². The fraction of sp³-hybridized carbons (Fsp3) is 0.967. The minimum Gasteiger partial charge on any atom is -0.481 e. The van der Waals surface area contributed by atoms with Gasteiger partial charge in [0.05, 0.1) is 5.41 Å². The van der Waals surface area contributed by atoms with Crippen LogP contribution in [0.1, 0.15) is 175 Å². The maximum atomic E-state index is 12.2. The molecule has 0 aliphatic rings. The molecule has 2 atom stereocenters. The van der Waals surface area contributed by atoms with E-state index in [2.05, 4.69) is 27.7 Å². The van der Waals surface area contributed by atoms with Gasteiger partial charge in [0.15, 0.2) is 0 Å². The molecule has 192 valence electrons. The number of rotatable bonds is 25. The minimum absolute atomic E-state index is 0.290. The van der Waals surface area contributed by atoms with E-state index in [1.165, 1.54) is 122 Å². The van der Waals surface area contributed by atoms with Crippen LogP contribution >= 0.6 is 0 Å². The summed E-state index contributed by atoms with van der Waals surface area (Å²) in [5.74, 6) is -0.258. The second kappa shape index (κ2) is 22.3. The Kier molecular flexibility index (Phi) is 21.9. The zero-order valence-corrected chi connectivity index (χ0v) is 22.7. The molecule has 0 aromatic heterocycles. The molecule has 0 aromatic carbocycles. The van der Waals surface area contributed by atoms with Crippen LogP contribution in [0.25, 0.3) is 0 Å². The highest BCUT2D eigenvalue weighted by Crippen LogP contribution is 2.40. The van der Waals surface area contributed by atoms with Gasteiger partial charge in [-0.1, -0.05) is 156 Å². The lowest BCUT2D eigenvalue weighted by molar-refractivity contribution is -0.153. The van der Waals surface area contributed by atoms with Crippen molar-refractivity contribution in [2.75, 3.05) is 0 Å². The lowest BCUT2D eigenvalue weighted by Crippen LogP contribution is -2.37. The molecule has 0 aromatic rings. The van der Waals surface area contributed by atoms with Crippen molar-refractivity contribution in [3.8, 4) is 0 Å². The fourth-order valence-corrected chi connectivity index (χ4v) is 5.38. The van der Waals surface area contributed by atoms with E-state index in [-0.39, 0.29) is 5.92 Å². The number of carbonyl (C=O) groups is 1. The Labute approximate surface area is 202 Å². The number of carboxylic acid groups (broad SMARTS) is 1. The fourth-order valence-electron chi connectivity index (χ4n) is 5.38. The van der Waals surface area contributed by atoms with Crippen molar-refractivity contribution < 1.29 is 9.90 Å². The first-order valence-corrected chi connectivity index (χ1v) is 14.8. The first-order chi connectivity index (χ1) is 15.5. The molecule has 0 fully saturated rings. The van der Waals surface area contributed by atoms with Gasteiger partial charge in [-0.15, -0.1) is 0 Å². The minimum atomic E-state index is -0.548. The Morgan fingerprint density at radius 2 is 0.938 bits per heavy atom. The van der Waals surface area contributed by atoms with E-state index in [0.29, 0.717) is 0 Å². The lowest BCUT2D eigenvalue weighted by atomic mass is 9.69. The van der Waals surface area contributed by atoms with E-state index in [1.807, 2.05) is 0 Å². The van der Waals surface area contributed by atoms with Crippen LogP contribution < -0.4 is 0 Å². The standard InChI is InChI=1S/C30H60O2/c1-5-8-10-12-14-15-16-17-18-19-20-22-24-26-28(4)30(7-3,29(31)32)27-25-23-21-13-11-9-6-2/h28H,5-27H2,1-4H3,(H,31,32). The van der Waals surface area contributed by atoms with E-state index in [4.69, 9.17) is 0 Å². The maximum Gasteiger partial charge on any atom is 0.309 e. The Hall–Kier alpha value is -0.530. The summed E-state index contributed by atoms with van der Waals surface area (Å²) in [5, 5.41) is 10.1. The van der Waals surface area contributed by atoms with Crippen LogP contribution in [0, 0.1) is 11.3 Å². The predicted molar refractivity (Wildman–Crippen MR) is 142 cm³/mol. The van der Waals surface area contributed by atoms with Gasteiger partial charge >= 0.3 is 5.97 Å². The number of aliphatic carboxylic acids is 1.